The number of hydrogen-bond acceptors (Lipinski definition) is 3. The van der Waals surface area contributed by atoms with E-state index in [-0.39, 0.29) is 24.5 Å². The summed E-state index contributed by atoms with van der Waals surface area (Å²) in [7, 11) is 1.39. The van der Waals surface area contributed by atoms with E-state index in [0.29, 0.717) is 0 Å². The van der Waals surface area contributed by atoms with Crippen molar-refractivity contribution < 1.29 is 19.0 Å². The molecule has 0 aliphatic heterocycles. The number of hydrogen-bond donors (Lipinski definition) is 2. The van der Waals surface area contributed by atoms with Crippen LogP contribution in [0.5, 0.6) is 5.75 Å². The van der Waals surface area contributed by atoms with Gasteiger partial charge in [0.05, 0.1) is 13.7 Å². The van der Waals surface area contributed by atoms with Crippen molar-refractivity contribution in [2.75, 3.05) is 7.11 Å². The molecule has 0 aromatic heterocycles. The maximum absolute atomic E-state index is 13.8. The molecule has 2 N–H and O–H groups in total. The van der Waals surface area contributed by atoms with Crippen molar-refractivity contribution in [1.82, 2.24) is 5.32 Å². The molecule has 4 nitrogen and oxygen atoms in total. The van der Waals surface area contributed by atoms with Gasteiger partial charge in [-0.15, -0.1) is 0 Å². The fourth-order valence-corrected chi connectivity index (χ4v) is 2.00. The summed E-state index contributed by atoms with van der Waals surface area (Å²) in [4.78, 5) is 12.1. The molecule has 0 spiro atoms. The highest BCUT2D eigenvalue weighted by Gasteiger charge is 2.17. The van der Waals surface area contributed by atoms with Gasteiger partial charge in [-0.3, -0.25) is 4.79 Å². The number of nitrogens with one attached hydrogen (secondary N) is 1. The van der Waals surface area contributed by atoms with E-state index < -0.39 is 11.7 Å². The molecule has 1 amide bonds. The molecule has 5 heteroatoms. The Labute approximate surface area is 122 Å². The fraction of sp³-hybridized carbons (Fsp3) is 0.188. The Hall–Kier alpha value is -2.40. The van der Waals surface area contributed by atoms with Gasteiger partial charge in [0.1, 0.15) is 17.1 Å². The van der Waals surface area contributed by atoms with Crippen molar-refractivity contribution in [1.29, 1.82) is 0 Å². The lowest BCUT2D eigenvalue weighted by molar-refractivity contribution is 0.0943. The molecule has 0 aliphatic rings. The molecule has 2 rings (SSSR count). The maximum atomic E-state index is 13.8. The van der Waals surface area contributed by atoms with E-state index >= 15 is 0 Å². The lowest BCUT2D eigenvalue weighted by Gasteiger charge is -2.10. The number of carbonyl (C=O) groups is 1. The van der Waals surface area contributed by atoms with Crippen LogP contribution in [0.1, 0.15) is 21.5 Å². The third kappa shape index (κ3) is 3.58. The first-order valence-electron chi connectivity index (χ1n) is 6.45. The van der Waals surface area contributed by atoms with Crippen LogP contribution in [0.4, 0.5) is 4.39 Å². The van der Waals surface area contributed by atoms with Crippen LogP contribution >= 0.6 is 0 Å². The smallest absolute Gasteiger partial charge is 0.258 e. The van der Waals surface area contributed by atoms with Gasteiger partial charge in [-0.05, 0) is 23.3 Å². The summed E-state index contributed by atoms with van der Waals surface area (Å²) in [6, 6.07) is 11.4. The molecular weight excluding hydrogens is 273 g/mol. The molecule has 0 heterocycles. The van der Waals surface area contributed by atoms with E-state index in [9.17, 15) is 9.18 Å². The Balaban J connectivity index is 2.12. The summed E-state index contributed by atoms with van der Waals surface area (Å²) < 4.78 is 18.8. The number of aliphatic hydroxyl groups excluding tert-OH is 1. The number of carbonyl (C=O) groups excluding carboxylic acids is 1. The molecule has 0 fully saturated rings. The van der Waals surface area contributed by atoms with Crippen molar-refractivity contribution in [3.05, 3.63) is 65.0 Å². The SMILES string of the molecule is COc1cccc(F)c1C(=O)NCc1cccc(CO)c1. The monoisotopic (exact) mass is 289 g/mol. The van der Waals surface area contributed by atoms with Gasteiger partial charge in [0.15, 0.2) is 0 Å². The highest BCUT2D eigenvalue weighted by Crippen LogP contribution is 2.21. The zero-order chi connectivity index (χ0) is 15.2. The molecule has 0 aliphatic carbocycles. The summed E-state index contributed by atoms with van der Waals surface area (Å²) in [5.41, 5.74) is 1.47. The van der Waals surface area contributed by atoms with Crippen molar-refractivity contribution in [3.8, 4) is 5.75 Å². The minimum atomic E-state index is -0.629. The standard InChI is InChI=1S/C16H16FNO3/c1-21-14-7-3-6-13(17)15(14)16(20)18-9-11-4-2-5-12(8-11)10-19/h2-8,19H,9-10H2,1H3,(H,18,20). The van der Waals surface area contributed by atoms with Gasteiger partial charge in [0, 0.05) is 6.54 Å². The normalized spacial score (nSPS) is 10.2. The lowest BCUT2D eigenvalue weighted by atomic mass is 10.1. The van der Waals surface area contributed by atoms with Gasteiger partial charge in [0.25, 0.3) is 5.91 Å². The van der Waals surface area contributed by atoms with E-state index in [4.69, 9.17) is 9.84 Å². The first-order valence-corrected chi connectivity index (χ1v) is 6.45. The number of rotatable bonds is 5. The van der Waals surface area contributed by atoms with Gasteiger partial charge < -0.3 is 15.2 Å². The van der Waals surface area contributed by atoms with E-state index in [0.717, 1.165) is 11.1 Å². The van der Waals surface area contributed by atoms with Gasteiger partial charge in [0.2, 0.25) is 0 Å². The average molecular weight is 289 g/mol. The lowest BCUT2D eigenvalue weighted by Crippen LogP contribution is -2.24. The van der Waals surface area contributed by atoms with E-state index in [1.165, 1.54) is 25.3 Å². The predicted molar refractivity (Wildman–Crippen MR) is 76.5 cm³/mol. The summed E-state index contributed by atoms with van der Waals surface area (Å²) in [5, 5.41) is 11.7. The third-order valence-corrected chi connectivity index (χ3v) is 3.05. The molecule has 0 atom stereocenters. The number of ether oxygens (including phenoxy) is 1. The van der Waals surface area contributed by atoms with Crippen molar-refractivity contribution >= 4 is 5.91 Å². The average Bonchev–Trinajstić information content (AvgIpc) is 2.52. The largest absolute Gasteiger partial charge is 0.496 e. The Morgan fingerprint density at radius 1 is 1.24 bits per heavy atom. The summed E-state index contributed by atoms with van der Waals surface area (Å²) in [6.07, 6.45) is 0. The molecular formula is C16H16FNO3. The number of methoxy groups -OCH3 is 1. The van der Waals surface area contributed by atoms with Crippen molar-refractivity contribution in [2.45, 2.75) is 13.2 Å². The Morgan fingerprint density at radius 3 is 2.67 bits per heavy atom. The third-order valence-electron chi connectivity index (χ3n) is 3.05. The number of benzene rings is 2. The molecule has 110 valence electrons. The molecule has 0 saturated carbocycles. The van der Waals surface area contributed by atoms with Crippen LogP contribution in [-0.4, -0.2) is 18.1 Å². The van der Waals surface area contributed by atoms with E-state index in [1.54, 1.807) is 18.2 Å². The zero-order valence-corrected chi connectivity index (χ0v) is 11.6. The van der Waals surface area contributed by atoms with Crippen molar-refractivity contribution in [3.63, 3.8) is 0 Å². The summed E-state index contributed by atoms with van der Waals surface area (Å²) >= 11 is 0. The second kappa shape index (κ2) is 6.85. The van der Waals surface area contributed by atoms with Gasteiger partial charge in [-0.2, -0.15) is 0 Å². The van der Waals surface area contributed by atoms with Crippen LogP contribution in [-0.2, 0) is 13.2 Å². The van der Waals surface area contributed by atoms with E-state index in [2.05, 4.69) is 5.32 Å². The minimum Gasteiger partial charge on any atom is -0.496 e. The maximum Gasteiger partial charge on any atom is 0.258 e. The summed E-state index contributed by atoms with van der Waals surface area (Å²) in [6.45, 7) is 0.174. The van der Waals surface area contributed by atoms with Gasteiger partial charge >= 0.3 is 0 Å². The van der Waals surface area contributed by atoms with Crippen LogP contribution in [0.2, 0.25) is 0 Å². The molecule has 0 unspecified atom stereocenters. The molecule has 21 heavy (non-hydrogen) atoms. The number of aliphatic hydroxyl groups is 1. The topological polar surface area (TPSA) is 58.6 Å². The van der Waals surface area contributed by atoms with Crippen LogP contribution in [0.25, 0.3) is 0 Å². The predicted octanol–water partition coefficient (Wildman–Crippen LogP) is 2.26. The highest BCUT2D eigenvalue weighted by atomic mass is 19.1. The highest BCUT2D eigenvalue weighted by molar-refractivity contribution is 5.97. The molecule has 0 radical (unpaired) electrons. The Morgan fingerprint density at radius 2 is 1.95 bits per heavy atom. The van der Waals surface area contributed by atoms with Crippen LogP contribution in [0, 0.1) is 5.82 Å². The Bertz CT molecular complexity index is 643. The molecule has 0 bridgehead atoms. The fourth-order valence-electron chi connectivity index (χ4n) is 2.00. The zero-order valence-electron chi connectivity index (χ0n) is 11.6. The summed E-state index contributed by atoms with van der Waals surface area (Å²) in [5.74, 6) is -0.980. The first kappa shape index (κ1) is 15.0. The molecule has 2 aromatic rings. The molecule has 0 saturated heterocycles. The number of amides is 1. The minimum absolute atomic E-state index is 0.0665. The van der Waals surface area contributed by atoms with Gasteiger partial charge in [-0.25, -0.2) is 4.39 Å². The van der Waals surface area contributed by atoms with Crippen LogP contribution in [0.3, 0.4) is 0 Å². The van der Waals surface area contributed by atoms with Crippen LogP contribution in [0.15, 0.2) is 42.5 Å². The van der Waals surface area contributed by atoms with Crippen LogP contribution < -0.4 is 10.1 Å². The Kier molecular flexibility index (Phi) is 4.90. The quantitative estimate of drug-likeness (QED) is 0.887. The second-order valence-corrected chi connectivity index (χ2v) is 4.48. The molecule has 2 aromatic carbocycles. The first-order chi connectivity index (χ1) is 10.2. The van der Waals surface area contributed by atoms with Crippen molar-refractivity contribution in [2.24, 2.45) is 0 Å². The van der Waals surface area contributed by atoms with E-state index in [1.807, 2.05) is 6.07 Å². The number of halogens is 1. The second-order valence-electron chi connectivity index (χ2n) is 4.48. The van der Waals surface area contributed by atoms with Gasteiger partial charge in [-0.1, -0.05) is 30.3 Å².